The summed E-state index contributed by atoms with van der Waals surface area (Å²) in [6, 6.07) is 8.17. The zero-order valence-electron chi connectivity index (χ0n) is 10.9. The van der Waals surface area contributed by atoms with Crippen LogP contribution in [0.25, 0.3) is 0 Å². The molecule has 0 saturated heterocycles. The molecule has 0 atom stereocenters. The molecule has 2 rings (SSSR count). The van der Waals surface area contributed by atoms with Gasteiger partial charge in [0.25, 0.3) is 5.69 Å². The number of aromatic nitrogens is 2. The molecule has 0 aliphatic heterocycles. The van der Waals surface area contributed by atoms with Crippen LogP contribution >= 0.6 is 0 Å². The maximum Gasteiger partial charge on any atom is 0.293 e. The summed E-state index contributed by atoms with van der Waals surface area (Å²) in [5.41, 5.74) is 1.63. The Balaban J connectivity index is 2.08. The van der Waals surface area contributed by atoms with Crippen molar-refractivity contribution in [3.05, 3.63) is 51.8 Å². The van der Waals surface area contributed by atoms with E-state index >= 15 is 0 Å². The van der Waals surface area contributed by atoms with Gasteiger partial charge in [0.1, 0.15) is 5.69 Å². The van der Waals surface area contributed by atoms with Crippen LogP contribution in [0.5, 0.6) is 0 Å². The van der Waals surface area contributed by atoms with E-state index < -0.39 is 4.92 Å². The van der Waals surface area contributed by atoms with Gasteiger partial charge in [0.15, 0.2) is 0 Å². The van der Waals surface area contributed by atoms with E-state index in [2.05, 4.69) is 10.4 Å². The Morgan fingerprint density at radius 1 is 1.50 bits per heavy atom. The first-order chi connectivity index (χ1) is 9.61. The normalized spacial score (nSPS) is 10.0. The molecule has 7 nitrogen and oxygen atoms in total. The molecule has 2 aromatic rings. The van der Waals surface area contributed by atoms with Gasteiger partial charge in [0.2, 0.25) is 0 Å². The lowest BCUT2D eigenvalue weighted by Crippen LogP contribution is -2.09. The standard InChI is InChI=1S/C13H13N5O2/c1-17-11(5-7-16-17)4-6-15-12-3-2-10(9-14)8-13(12)18(19)20/h2-3,5,7-8,15H,4,6H2,1H3. The number of nitro groups is 1. The Bertz CT molecular complexity index is 672. The first kappa shape index (κ1) is 13.5. The summed E-state index contributed by atoms with van der Waals surface area (Å²) in [7, 11) is 1.85. The summed E-state index contributed by atoms with van der Waals surface area (Å²) in [6.45, 7) is 0.548. The minimum Gasteiger partial charge on any atom is -0.379 e. The minimum atomic E-state index is -0.493. The largest absolute Gasteiger partial charge is 0.379 e. The van der Waals surface area contributed by atoms with Crippen LogP contribution in [-0.4, -0.2) is 21.2 Å². The van der Waals surface area contributed by atoms with Gasteiger partial charge >= 0.3 is 0 Å². The Labute approximate surface area is 115 Å². The van der Waals surface area contributed by atoms with E-state index in [9.17, 15) is 10.1 Å². The van der Waals surface area contributed by atoms with Crippen molar-refractivity contribution in [1.29, 1.82) is 5.26 Å². The number of nitrogens with one attached hydrogen (secondary N) is 1. The summed E-state index contributed by atoms with van der Waals surface area (Å²) in [5, 5.41) is 26.8. The molecule has 7 heteroatoms. The van der Waals surface area contributed by atoms with Gasteiger partial charge in [-0.25, -0.2) is 0 Å². The summed E-state index contributed by atoms with van der Waals surface area (Å²) in [5.74, 6) is 0. The fraction of sp³-hybridized carbons (Fsp3) is 0.231. The maximum absolute atomic E-state index is 11.0. The average molecular weight is 271 g/mol. The smallest absolute Gasteiger partial charge is 0.293 e. The highest BCUT2D eigenvalue weighted by molar-refractivity contribution is 5.64. The molecule has 0 aliphatic rings. The van der Waals surface area contributed by atoms with Gasteiger partial charge in [-0.05, 0) is 18.2 Å². The molecule has 0 spiro atoms. The van der Waals surface area contributed by atoms with E-state index in [-0.39, 0.29) is 11.3 Å². The zero-order valence-corrected chi connectivity index (χ0v) is 10.9. The highest BCUT2D eigenvalue weighted by Crippen LogP contribution is 2.25. The number of benzene rings is 1. The average Bonchev–Trinajstić information content (AvgIpc) is 2.84. The van der Waals surface area contributed by atoms with Crippen LogP contribution in [0.2, 0.25) is 0 Å². The summed E-state index contributed by atoms with van der Waals surface area (Å²) >= 11 is 0. The third-order valence-corrected chi connectivity index (χ3v) is 2.94. The molecule has 20 heavy (non-hydrogen) atoms. The molecule has 0 aliphatic carbocycles. The van der Waals surface area contributed by atoms with E-state index in [4.69, 9.17) is 5.26 Å². The lowest BCUT2D eigenvalue weighted by molar-refractivity contribution is -0.384. The van der Waals surface area contributed by atoms with Crippen LogP contribution in [-0.2, 0) is 13.5 Å². The van der Waals surface area contributed by atoms with Gasteiger partial charge in [-0.1, -0.05) is 0 Å². The summed E-state index contributed by atoms with van der Waals surface area (Å²) in [4.78, 5) is 10.5. The summed E-state index contributed by atoms with van der Waals surface area (Å²) in [6.07, 6.45) is 2.41. The number of hydrogen-bond acceptors (Lipinski definition) is 5. The zero-order chi connectivity index (χ0) is 14.5. The van der Waals surface area contributed by atoms with Crippen molar-refractivity contribution in [2.45, 2.75) is 6.42 Å². The number of hydrogen-bond donors (Lipinski definition) is 1. The molecule has 1 aromatic carbocycles. The Morgan fingerprint density at radius 2 is 2.30 bits per heavy atom. The number of rotatable bonds is 5. The number of nitro benzene ring substituents is 1. The highest BCUT2D eigenvalue weighted by Gasteiger charge is 2.14. The van der Waals surface area contributed by atoms with E-state index in [1.165, 1.54) is 6.07 Å². The number of aryl methyl sites for hydroxylation is 1. The van der Waals surface area contributed by atoms with Crippen molar-refractivity contribution in [2.75, 3.05) is 11.9 Å². The van der Waals surface area contributed by atoms with Crippen LogP contribution in [0.3, 0.4) is 0 Å². The van der Waals surface area contributed by atoms with Gasteiger partial charge < -0.3 is 5.32 Å². The molecule has 1 heterocycles. The van der Waals surface area contributed by atoms with Gasteiger partial charge in [0, 0.05) is 38.0 Å². The fourth-order valence-electron chi connectivity index (χ4n) is 1.87. The van der Waals surface area contributed by atoms with E-state index in [0.717, 1.165) is 5.69 Å². The van der Waals surface area contributed by atoms with Gasteiger partial charge in [-0.2, -0.15) is 10.4 Å². The lowest BCUT2D eigenvalue weighted by Gasteiger charge is -2.07. The topological polar surface area (TPSA) is 96.8 Å². The molecule has 0 saturated carbocycles. The molecule has 0 bridgehead atoms. The Kier molecular flexibility index (Phi) is 3.96. The molecule has 0 unspecified atom stereocenters. The van der Waals surface area contributed by atoms with Gasteiger partial charge in [-0.15, -0.1) is 0 Å². The lowest BCUT2D eigenvalue weighted by atomic mass is 10.2. The predicted molar refractivity (Wildman–Crippen MR) is 73.2 cm³/mol. The second-order valence-corrected chi connectivity index (χ2v) is 4.22. The molecule has 0 amide bonds. The van der Waals surface area contributed by atoms with Crippen molar-refractivity contribution in [3.63, 3.8) is 0 Å². The van der Waals surface area contributed by atoms with Crippen LogP contribution < -0.4 is 5.32 Å². The highest BCUT2D eigenvalue weighted by atomic mass is 16.6. The molecule has 102 valence electrons. The minimum absolute atomic E-state index is 0.0888. The SMILES string of the molecule is Cn1nccc1CCNc1ccc(C#N)cc1[N+](=O)[O-]. The Hall–Kier alpha value is -2.88. The fourth-order valence-corrected chi connectivity index (χ4v) is 1.87. The number of nitriles is 1. The molecule has 1 aromatic heterocycles. The third-order valence-electron chi connectivity index (χ3n) is 2.94. The quantitative estimate of drug-likeness (QED) is 0.661. The van der Waals surface area contributed by atoms with Crippen LogP contribution in [0.1, 0.15) is 11.3 Å². The van der Waals surface area contributed by atoms with Crippen molar-refractivity contribution < 1.29 is 4.92 Å². The maximum atomic E-state index is 11.0. The van der Waals surface area contributed by atoms with Crippen molar-refractivity contribution in [3.8, 4) is 6.07 Å². The Morgan fingerprint density at radius 3 is 2.90 bits per heavy atom. The monoisotopic (exact) mass is 271 g/mol. The first-order valence-corrected chi connectivity index (χ1v) is 6.01. The summed E-state index contributed by atoms with van der Waals surface area (Å²) < 4.78 is 1.76. The molecule has 0 radical (unpaired) electrons. The van der Waals surface area contributed by atoms with Crippen LogP contribution in [0, 0.1) is 21.4 Å². The van der Waals surface area contributed by atoms with E-state index in [1.54, 1.807) is 23.0 Å². The predicted octanol–water partition coefficient (Wildman–Crippen LogP) is 1.85. The van der Waals surface area contributed by atoms with Gasteiger partial charge in [0.05, 0.1) is 16.6 Å². The van der Waals surface area contributed by atoms with Crippen molar-refractivity contribution >= 4 is 11.4 Å². The molecular weight excluding hydrogens is 258 g/mol. The van der Waals surface area contributed by atoms with Crippen molar-refractivity contribution in [2.24, 2.45) is 7.05 Å². The van der Waals surface area contributed by atoms with E-state index in [0.29, 0.717) is 18.7 Å². The van der Waals surface area contributed by atoms with Crippen molar-refractivity contribution in [1.82, 2.24) is 9.78 Å². The second-order valence-electron chi connectivity index (χ2n) is 4.22. The third kappa shape index (κ3) is 2.92. The van der Waals surface area contributed by atoms with E-state index in [1.807, 2.05) is 19.2 Å². The molecule has 1 N–H and O–H groups in total. The molecule has 0 fully saturated rings. The van der Waals surface area contributed by atoms with Crippen LogP contribution in [0.4, 0.5) is 11.4 Å². The molecular formula is C13H13N5O2. The number of nitrogens with zero attached hydrogens (tertiary/aromatic N) is 4. The number of anilines is 1. The van der Waals surface area contributed by atoms with Crippen LogP contribution in [0.15, 0.2) is 30.5 Å². The second kappa shape index (κ2) is 5.84. The first-order valence-electron chi connectivity index (χ1n) is 6.01. The van der Waals surface area contributed by atoms with Gasteiger partial charge in [-0.3, -0.25) is 14.8 Å².